The number of rotatable bonds is 8. The zero-order valence-corrected chi connectivity index (χ0v) is 22.6. The minimum Gasteiger partial charge on any atom is -0.497 e. The molecule has 0 aliphatic rings. The molecule has 39 heavy (non-hydrogen) atoms. The Labute approximate surface area is 230 Å². The van der Waals surface area contributed by atoms with Crippen molar-refractivity contribution < 1.29 is 9.47 Å². The van der Waals surface area contributed by atoms with Gasteiger partial charge in [0.15, 0.2) is 0 Å². The normalized spacial score (nSPS) is 10.5. The lowest BCUT2D eigenvalue weighted by atomic mass is 9.82. The highest BCUT2D eigenvalue weighted by Crippen LogP contribution is 2.36. The molecule has 0 saturated heterocycles. The van der Waals surface area contributed by atoms with E-state index >= 15 is 0 Å². The predicted molar refractivity (Wildman–Crippen MR) is 156 cm³/mol. The first-order valence-electron chi connectivity index (χ1n) is 12.6. The molecule has 0 radical (unpaired) electrons. The fraction of sp³-hybridized carbons (Fsp3) is 0.143. The average molecular weight is 511 g/mol. The molecule has 4 aromatic rings. The molecular formula is C35H30N2O2. The molecule has 0 fully saturated rings. The molecule has 0 N–H and O–H groups in total. The molecule has 0 spiro atoms. The first-order valence-corrected chi connectivity index (χ1v) is 12.6. The van der Waals surface area contributed by atoms with Crippen molar-refractivity contribution in [1.82, 2.24) is 0 Å². The van der Waals surface area contributed by atoms with Crippen LogP contribution in [0.25, 0.3) is 11.1 Å². The van der Waals surface area contributed by atoms with Gasteiger partial charge in [-0.2, -0.15) is 10.5 Å². The first kappa shape index (κ1) is 27.0. The van der Waals surface area contributed by atoms with E-state index in [2.05, 4.69) is 62.4 Å². The maximum absolute atomic E-state index is 9.29. The number of methoxy groups -OCH3 is 2. The van der Waals surface area contributed by atoms with Crippen molar-refractivity contribution in [2.45, 2.75) is 13.8 Å². The molecule has 0 heterocycles. The van der Waals surface area contributed by atoms with Crippen LogP contribution < -0.4 is 9.47 Å². The zero-order valence-electron chi connectivity index (χ0n) is 22.6. The van der Waals surface area contributed by atoms with Crippen molar-refractivity contribution in [3.8, 4) is 23.6 Å². The van der Waals surface area contributed by atoms with Crippen LogP contribution in [0.15, 0.2) is 109 Å². The number of hydrogen-bond acceptors (Lipinski definition) is 4. The summed E-state index contributed by atoms with van der Waals surface area (Å²) in [7, 11) is 3.33. The van der Waals surface area contributed by atoms with Gasteiger partial charge in [-0.05, 0) is 81.9 Å². The van der Waals surface area contributed by atoms with E-state index in [1.54, 1.807) is 14.2 Å². The van der Waals surface area contributed by atoms with Crippen LogP contribution in [-0.4, -0.2) is 14.2 Å². The van der Waals surface area contributed by atoms with Crippen LogP contribution in [0.5, 0.6) is 11.5 Å². The maximum atomic E-state index is 9.29. The van der Waals surface area contributed by atoms with E-state index in [4.69, 9.17) is 9.47 Å². The van der Waals surface area contributed by atoms with Gasteiger partial charge in [-0.15, -0.1) is 0 Å². The van der Waals surface area contributed by atoms with E-state index in [-0.39, 0.29) is 5.41 Å². The van der Waals surface area contributed by atoms with Crippen LogP contribution in [0.3, 0.4) is 0 Å². The monoisotopic (exact) mass is 510 g/mol. The third-order valence-corrected chi connectivity index (χ3v) is 6.48. The Morgan fingerprint density at radius 1 is 0.538 bits per heavy atom. The van der Waals surface area contributed by atoms with Gasteiger partial charge in [0.1, 0.15) is 11.5 Å². The minimum atomic E-state index is -0.383. The van der Waals surface area contributed by atoms with Gasteiger partial charge in [0.2, 0.25) is 0 Å². The van der Waals surface area contributed by atoms with Crippen molar-refractivity contribution in [2.24, 2.45) is 5.41 Å². The first-order chi connectivity index (χ1) is 18.9. The largest absolute Gasteiger partial charge is 0.497 e. The highest BCUT2D eigenvalue weighted by atomic mass is 16.5. The molecule has 192 valence electrons. The number of ether oxygens (including phenoxy) is 2. The molecule has 0 bridgehead atoms. The van der Waals surface area contributed by atoms with Crippen LogP contribution >= 0.6 is 0 Å². The summed E-state index contributed by atoms with van der Waals surface area (Å²) >= 11 is 0. The molecule has 4 heteroatoms. The quantitative estimate of drug-likeness (QED) is 0.241. The molecule has 4 rings (SSSR count). The lowest BCUT2D eigenvalue weighted by Gasteiger charge is -2.22. The molecule has 0 unspecified atom stereocenters. The highest BCUT2D eigenvalue weighted by Gasteiger charge is 2.19. The lowest BCUT2D eigenvalue weighted by molar-refractivity contribution is 0.414. The third kappa shape index (κ3) is 6.63. The van der Waals surface area contributed by atoms with Crippen molar-refractivity contribution in [3.63, 3.8) is 0 Å². The molecular weight excluding hydrogens is 480 g/mol. The van der Waals surface area contributed by atoms with Crippen molar-refractivity contribution >= 4 is 11.1 Å². The molecule has 0 aliphatic carbocycles. The number of hydrogen-bond donors (Lipinski definition) is 0. The summed E-state index contributed by atoms with van der Waals surface area (Å²) in [5.74, 6) is 1.60. The van der Waals surface area contributed by atoms with Gasteiger partial charge in [0.05, 0.1) is 37.5 Å². The van der Waals surface area contributed by atoms with Gasteiger partial charge in [0, 0.05) is 5.41 Å². The van der Waals surface area contributed by atoms with Crippen molar-refractivity contribution in [3.05, 3.63) is 143 Å². The fourth-order valence-electron chi connectivity index (χ4n) is 4.44. The molecule has 0 aliphatic heterocycles. The number of allylic oxidation sites excluding steroid dienone is 2. The second-order valence-electron chi connectivity index (χ2n) is 9.77. The summed E-state index contributed by atoms with van der Waals surface area (Å²) in [6.45, 7) is 4.35. The molecule has 0 aromatic heterocycles. The summed E-state index contributed by atoms with van der Waals surface area (Å²) in [4.78, 5) is 0. The van der Waals surface area contributed by atoms with Gasteiger partial charge >= 0.3 is 0 Å². The molecule has 4 nitrogen and oxygen atoms in total. The van der Waals surface area contributed by atoms with Crippen molar-refractivity contribution in [2.75, 3.05) is 14.2 Å². The number of benzene rings is 4. The second kappa shape index (κ2) is 12.0. The Morgan fingerprint density at radius 3 is 1.08 bits per heavy atom. The highest BCUT2D eigenvalue weighted by molar-refractivity contribution is 5.83. The van der Waals surface area contributed by atoms with E-state index in [1.165, 1.54) is 0 Å². The second-order valence-corrected chi connectivity index (χ2v) is 9.77. The number of nitriles is 2. The Kier molecular flexibility index (Phi) is 8.30. The van der Waals surface area contributed by atoms with Gasteiger partial charge in [-0.25, -0.2) is 0 Å². The predicted octanol–water partition coefficient (Wildman–Crippen LogP) is 8.04. The van der Waals surface area contributed by atoms with E-state index < -0.39 is 0 Å². The molecule has 0 atom stereocenters. The minimum absolute atomic E-state index is 0.383. The Morgan fingerprint density at radius 2 is 0.821 bits per heavy atom. The van der Waals surface area contributed by atoms with E-state index in [9.17, 15) is 10.5 Å². The smallest absolute Gasteiger partial charge is 0.118 e. The van der Waals surface area contributed by atoms with Crippen LogP contribution in [-0.2, 0) is 0 Å². The average Bonchev–Trinajstić information content (AvgIpc) is 2.99. The molecule has 0 saturated carbocycles. The summed E-state index contributed by atoms with van der Waals surface area (Å²) in [6.07, 6.45) is 4.51. The van der Waals surface area contributed by atoms with Crippen LogP contribution in [0.4, 0.5) is 0 Å². The Hall–Kier alpha value is -5.06. The topological polar surface area (TPSA) is 66.0 Å². The SMILES string of the molecule is COc1ccc(C(=CC(C)(C)C=C(c2ccc(C#N)cc2)c2ccc(C#N)cc2)c2ccc(OC)cc2)cc1. The molecule has 0 amide bonds. The van der Waals surface area contributed by atoms with Crippen LogP contribution in [0.2, 0.25) is 0 Å². The molecule has 4 aromatic carbocycles. The van der Waals surface area contributed by atoms with Crippen LogP contribution in [0.1, 0.15) is 47.2 Å². The van der Waals surface area contributed by atoms with Gasteiger partial charge < -0.3 is 9.47 Å². The van der Waals surface area contributed by atoms with Crippen molar-refractivity contribution in [1.29, 1.82) is 10.5 Å². The number of nitrogens with zero attached hydrogens (tertiary/aromatic N) is 2. The summed E-state index contributed by atoms with van der Waals surface area (Å²) in [5, 5.41) is 18.6. The van der Waals surface area contributed by atoms with Gasteiger partial charge in [-0.1, -0.05) is 74.5 Å². The van der Waals surface area contributed by atoms with Gasteiger partial charge in [0.25, 0.3) is 0 Å². The summed E-state index contributed by atoms with van der Waals surface area (Å²) < 4.78 is 10.8. The van der Waals surface area contributed by atoms with Gasteiger partial charge in [-0.3, -0.25) is 0 Å². The Bertz CT molecular complexity index is 1450. The van der Waals surface area contributed by atoms with Crippen LogP contribution in [0, 0.1) is 28.1 Å². The summed E-state index contributed by atoms with van der Waals surface area (Å²) in [6, 6.07) is 35.7. The van der Waals surface area contributed by atoms with E-state index in [1.807, 2.05) is 72.8 Å². The van der Waals surface area contributed by atoms with E-state index in [0.717, 1.165) is 44.9 Å². The summed E-state index contributed by atoms with van der Waals surface area (Å²) in [5.41, 5.74) is 7.07. The lowest BCUT2D eigenvalue weighted by Crippen LogP contribution is -2.07. The zero-order chi connectivity index (χ0) is 27.8. The maximum Gasteiger partial charge on any atom is 0.118 e. The third-order valence-electron chi connectivity index (χ3n) is 6.48. The fourth-order valence-corrected chi connectivity index (χ4v) is 4.44. The van der Waals surface area contributed by atoms with E-state index in [0.29, 0.717) is 11.1 Å². The standard InChI is InChI=1S/C35H30N2O2/c1-35(2,21-33(27-9-5-25(23-36)6-10-27)28-11-7-26(24-37)8-12-28)22-34(29-13-17-31(38-3)18-14-29)30-15-19-32(39-4)20-16-30/h5-22H,1-4H3. The Balaban J connectivity index is 1.87.